The molecule has 0 aliphatic carbocycles. The molecule has 9 heteroatoms. The number of H-pyrrole nitrogens is 2. The molecule has 0 atom stereocenters. The van der Waals surface area contributed by atoms with Gasteiger partial charge in [-0.05, 0) is 73.2 Å². The summed E-state index contributed by atoms with van der Waals surface area (Å²) >= 11 is 5.36. The quantitative estimate of drug-likeness (QED) is 0.225. The third-order valence-electron chi connectivity index (χ3n) is 5.78. The van der Waals surface area contributed by atoms with Gasteiger partial charge in [0.2, 0.25) is 0 Å². The fraction of sp³-hybridized carbons (Fsp3) is 0.154. The number of hydrogen-bond donors (Lipinski definition) is 3. The number of carbonyl (C=O) groups is 1. The van der Waals surface area contributed by atoms with Crippen LogP contribution in [0, 0.1) is 4.77 Å². The molecule has 0 fully saturated rings. The molecule has 2 heterocycles. The van der Waals surface area contributed by atoms with Crippen molar-refractivity contribution in [3.63, 3.8) is 0 Å². The summed E-state index contributed by atoms with van der Waals surface area (Å²) in [6.45, 7) is 1.00. The van der Waals surface area contributed by atoms with Crippen molar-refractivity contribution < 1.29 is 9.53 Å². The molecule has 0 bridgehead atoms. The van der Waals surface area contributed by atoms with Gasteiger partial charge in [0.15, 0.2) is 4.77 Å². The summed E-state index contributed by atoms with van der Waals surface area (Å²) < 4.78 is 6.89. The van der Waals surface area contributed by atoms with Gasteiger partial charge < -0.3 is 20.0 Å². The third kappa shape index (κ3) is 4.64. The van der Waals surface area contributed by atoms with Gasteiger partial charge in [0, 0.05) is 37.1 Å². The van der Waals surface area contributed by atoms with E-state index in [1.165, 1.54) is 4.57 Å². The first-order valence-corrected chi connectivity index (χ1v) is 11.6. The van der Waals surface area contributed by atoms with E-state index in [9.17, 15) is 9.59 Å². The van der Waals surface area contributed by atoms with Gasteiger partial charge >= 0.3 is 0 Å². The second-order valence-corrected chi connectivity index (χ2v) is 8.51. The van der Waals surface area contributed by atoms with Crippen molar-refractivity contribution >= 4 is 45.7 Å². The monoisotopic (exact) mass is 485 g/mol. The van der Waals surface area contributed by atoms with Crippen molar-refractivity contribution in [1.82, 2.24) is 19.5 Å². The van der Waals surface area contributed by atoms with Crippen LogP contribution in [0.1, 0.15) is 16.8 Å². The topological polar surface area (TPSA) is 105 Å². The zero-order valence-electron chi connectivity index (χ0n) is 19.0. The molecule has 0 aliphatic heterocycles. The maximum Gasteiger partial charge on any atom is 0.262 e. The fourth-order valence-corrected chi connectivity index (χ4v) is 4.25. The number of methoxy groups -OCH3 is 1. The lowest BCUT2D eigenvalue weighted by atomic mass is 10.1. The Bertz CT molecular complexity index is 1620. The van der Waals surface area contributed by atoms with Crippen LogP contribution in [-0.4, -0.2) is 39.1 Å². The number of nitrogens with one attached hydrogen (secondary N) is 3. The molecule has 5 rings (SSSR count). The second kappa shape index (κ2) is 9.65. The highest BCUT2D eigenvalue weighted by Gasteiger charge is 2.12. The molecule has 176 valence electrons. The summed E-state index contributed by atoms with van der Waals surface area (Å²) in [6, 6.07) is 20.2. The van der Waals surface area contributed by atoms with Crippen molar-refractivity contribution in [3.05, 3.63) is 87.4 Å². The Balaban J connectivity index is 1.34. The first kappa shape index (κ1) is 22.7. The number of ether oxygens (including phenoxy) is 1. The van der Waals surface area contributed by atoms with Crippen molar-refractivity contribution in [2.45, 2.75) is 13.0 Å². The Morgan fingerprint density at radius 3 is 2.63 bits per heavy atom. The SMILES string of the molecule is COCCCn1c(=S)[nH]c2cc(C(=O)Nc3ccc(-c4nc5ccccc5[nH]4)cc3)ccc2c1=O. The fourth-order valence-electron chi connectivity index (χ4n) is 3.97. The summed E-state index contributed by atoms with van der Waals surface area (Å²) in [5.74, 6) is 0.480. The molecule has 1 amide bonds. The van der Waals surface area contributed by atoms with Gasteiger partial charge in [0.25, 0.3) is 11.5 Å². The van der Waals surface area contributed by atoms with Crippen molar-refractivity contribution in [1.29, 1.82) is 0 Å². The number of carbonyl (C=O) groups excluding carboxylic acids is 1. The molecule has 8 nitrogen and oxygen atoms in total. The highest BCUT2D eigenvalue weighted by Crippen LogP contribution is 2.22. The van der Waals surface area contributed by atoms with Gasteiger partial charge in [-0.1, -0.05) is 12.1 Å². The Morgan fingerprint density at radius 1 is 1.06 bits per heavy atom. The van der Waals surface area contributed by atoms with E-state index < -0.39 is 0 Å². The zero-order chi connectivity index (χ0) is 24.4. The molecule has 0 saturated carbocycles. The lowest BCUT2D eigenvalue weighted by Gasteiger charge is -2.10. The van der Waals surface area contributed by atoms with Crippen LogP contribution in [0.3, 0.4) is 0 Å². The average Bonchev–Trinajstić information content (AvgIpc) is 3.30. The number of para-hydroxylation sites is 2. The minimum Gasteiger partial charge on any atom is -0.385 e. The Hall–Kier alpha value is -4.08. The summed E-state index contributed by atoms with van der Waals surface area (Å²) in [5, 5.41) is 3.37. The molecule has 3 N–H and O–H groups in total. The molecule has 0 unspecified atom stereocenters. The minimum absolute atomic E-state index is 0.187. The number of nitrogens with zero attached hydrogens (tertiary/aromatic N) is 2. The molecule has 0 aliphatic rings. The van der Waals surface area contributed by atoms with Gasteiger partial charge in [0.1, 0.15) is 5.82 Å². The first-order chi connectivity index (χ1) is 17.0. The van der Waals surface area contributed by atoms with Crippen LogP contribution in [0.2, 0.25) is 0 Å². The molecule has 0 spiro atoms. The second-order valence-electron chi connectivity index (χ2n) is 8.13. The van der Waals surface area contributed by atoms with E-state index in [-0.39, 0.29) is 11.5 Å². The van der Waals surface area contributed by atoms with Crippen LogP contribution in [0.25, 0.3) is 33.3 Å². The maximum absolute atomic E-state index is 12.9. The van der Waals surface area contributed by atoms with E-state index in [4.69, 9.17) is 17.0 Å². The number of hydrogen-bond acceptors (Lipinski definition) is 5. The smallest absolute Gasteiger partial charge is 0.262 e. The molecule has 3 aromatic carbocycles. The standard InChI is InChI=1S/C26H23N5O3S/c1-34-14-4-13-31-25(33)19-12-9-17(15-22(19)30-26(31)35)24(32)27-18-10-7-16(8-11-18)23-28-20-5-2-3-6-21(20)29-23/h2-3,5-12,15H,4,13-14H2,1H3,(H,27,32)(H,28,29)(H,30,35). The zero-order valence-corrected chi connectivity index (χ0v) is 19.8. The van der Waals surface area contributed by atoms with Crippen LogP contribution < -0.4 is 10.9 Å². The normalized spacial score (nSPS) is 11.2. The summed E-state index contributed by atoms with van der Waals surface area (Å²) in [6.07, 6.45) is 0.676. The van der Waals surface area contributed by atoms with Gasteiger partial charge in [-0.2, -0.15) is 0 Å². The largest absolute Gasteiger partial charge is 0.385 e. The van der Waals surface area contributed by atoms with Crippen molar-refractivity contribution in [3.8, 4) is 11.4 Å². The first-order valence-electron chi connectivity index (χ1n) is 11.2. The van der Waals surface area contributed by atoms with Crippen LogP contribution >= 0.6 is 12.2 Å². The predicted octanol–water partition coefficient (Wildman–Crippen LogP) is 4.89. The molecule has 5 aromatic rings. The van der Waals surface area contributed by atoms with Gasteiger partial charge in [-0.3, -0.25) is 14.2 Å². The molecular weight excluding hydrogens is 462 g/mol. The molecule has 0 saturated heterocycles. The number of fused-ring (bicyclic) bond motifs is 2. The van der Waals surface area contributed by atoms with E-state index >= 15 is 0 Å². The van der Waals surface area contributed by atoms with E-state index in [1.54, 1.807) is 25.3 Å². The lowest BCUT2D eigenvalue weighted by molar-refractivity contribution is 0.102. The Morgan fingerprint density at radius 2 is 1.86 bits per heavy atom. The molecular formula is C26H23N5O3S. The van der Waals surface area contributed by atoms with E-state index in [2.05, 4.69) is 20.3 Å². The minimum atomic E-state index is -0.285. The summed E-state index contributed by atoms with van der Waals surface area (Å²) in [7, 11) is 1.62. The highest BCUT2D eigenvalue weighted by molar-refractivity contribution is 7.71. The number of rotatable bonds is 7. The van der Waals surface area contributed by atoms with E-state index in [0.717, 1.165) is 22.4 Å². The van der Waals surface area contributed by atoms with Crippen molar-refractivity contribution in [2.24, 2.45) is 0 Å². The highest BCUT2D eigenvalue weighted by atomic mass is 32.1. The molecule has 35 heavy (non-hydrogen) atoms. The summed E-state index contributed by atoms with van der Waals surface area (Å²) in [4.78, 5) is 36.7. The number of benzene rings is 3. The molecule has 2 aromatic heterocycles. The predicted molar refractivity (Wildman–Crippen MR) is 139 cm³/mol. The Kier molecular flexibility index (Phi) is 6.26. The van der Waals surface area contributed by atoms with Crippen LogP contribution in [0.5, 0.6) is 0 Å². The summed E-state index contributed by atoms with van der Waals surface area (Å²) in [5.41, 5.74) is 4.19. The maximum atomic E-state index is 12.9. The lowest BCUT2D eigenvalue weighted by Crippen LogP contribution is -2.23. The Labute approximate surface area is 205 Å². The van der Waals surface area contributed by atoms with Crippen LogP contribution in [0.4, 0.5) is 5.69 Å². The van der Waals surface area contributed by atoms with Crippen LogP contribution in [-0.2, 0) is 11.3 Å². The number of imidazole rings is 1. The van der Waals surface area contributed by atoms with Crippen molar-refractivity contribution in [2.75, 3.05) is 19.0 Å². The van der Waals surface area contributed by atoms with Gasteiger partial charge in [-0.15, -0.1) is 0 Å². The van der Waals surface area contributed by atoms with Gasteiger partial charge in [0.05, 0.1) is 21.9 Å². The van der Waals surface area contributed by atoms with Gasteiger partial charge in [-0.25, -0.2) is 4.98 Å². The molecule has 0 radical (unpaired) electrons. The van der Waals surface area contributed by atoms with E-state index in [1.807, 2.05) is 48.5 Å². The number of aromatic nitrogens is 4. The number of anilines is 1. The van der Waals surface area contributed by atoms with Crippen LogP contribution in [0.15, 0.2) is 71.5 Å². The number of amides is 1. The number of aromatic amines is 2. The average molecular weight is 486 g/mol. The van der Waals surface area contributed by atoms with E-state index in [0.29, 0.717) is 46.5 Å². The third-order valence-corrected chi connectivity index (χ3v) is 6.10.